The predicted octanol–water partition coefficient (Wildman–Crippen LogP) is 1.71. The number of hydrogen-bond acceptors (Lipinski definition) is 3. The molecule has 2 aliphatic rings. The molecular weight excluding hydrogens is 288 g/mol. The van der Waals surface area contributed by atoms with Crippen LogP contribution in [-0.2, 0) is 4.74 Å². The van der Waals surface area contributed by atoms with Crippen LogP contribution in [0, 0.1) is 0 Å². The molecule has 2 aliphatic heterocycles. The molecule has 3 aromatic rings. The van der Waals surface area contributed by atoms with Gasteiger partial charge in [-0.25, -0.2) is 0 Å². The first-order valence-corrected chi connectivity index (χ1v) is 8.25. The Kier molecular flexibility index (Phi) is 2.96. The predicted molar refractivity (Wildman–Crippen MR) is 85.7 cm³/mol. The topological polar surface area (TPSA) is 44.4 Å². The molecular formula is C18H19N4O+. The van der Waals surface area contributed by atoms with Gasteiger partial charge in [0.2, 0.25) is 0 Å². The van der Waals surface area contributed by atoms with Crippen molar-refractivity contribution in [2.75, 3.05) is 6.61 Å². The van der Waals surface area contributed by atoms with Crippen LogP contribution in [0.5, 0.6) is 0 Å². The van der Waals surface area contributed by atoms with E-state index in [-0.39, 0.29) is 6.23 Å². The van der Waals surface area contributed by atoms with Crippen LogP contribution in [-0.4, -0.2) is 27.8 Å². The number of quaternary nitrogens is 1. The normalized spacial score (nSPS) is 29.9. The molecule has 1 N–H and O–H groups in total. The molecule has 1 aromatic heterocycles. The maximum Gasteiger partial charge on any atom is 0.194 e. The van der Waals surface area contributed by atoms with E-state index in [1.165, 1.54) is 10.5 Å². The van der Waals surface area contributed by atoms with Crippen LogP contribution in [0.15, 0.2) is 54.6 Å². The molecule has 2 saturated heterocycles. The highest BCUT2D eigenvalue weighted by molar-refractivity contribution is 5.73. The average Bonchev–Trinajstić information content (AvgIpc) is 3.30. The summed E-state index contributed by atoms with van der Waals surface area (Å²) < 4.78 is 8.19. The summed E-state index contributed by atoms with van der Waals surface area (Å²) in [5, 5.41) is 8.79. The molecule has 0 saturated carbocycles. The number of ether oxygens (including phenoxy) is 1. The van der Waals surface area contributed by atoms with E-state index in [1.807, 2.05) is 12.1 Å². The summed E-state index contributed by atoms with van der Waals surface area (Å²) in [6, 6.07) is 19.3. The first-order valence-electron chi connectivity index (χ1n) is 8.25. The van der Waals surface area contributed by atoms with Crippen LogP contribution in [0.4, 0.5) is 0 Å². The van der Waals surface area contributed by atoms with Gasteiger partial charge < -0.3 is 4.74 Å². The molecule has 5 heteroatoms. The first-order chi connectivity index (χ1) is 11.4. The molecule has 2 aromatic carbocycles. The number of benzene rings is 2. The van der Waals surface area contributed by atoms with Crippen LogP contribution >= 0.6 is 0 Å². The summed E-state index contributed by atoms with van der Waals surface area (Å²) >= 11 is 0. The van der Waals surface area contributed by atoms with Crippen LogP contribution in [0.2, 0.25) is 0 Å². The fraction of sp³-hybridized carbons (Fsp3) is 0.333. The van der Waals surface area contributed by atoms with Gasteiger partial charge in [0.15, 0.2) is 12.4 Å². The van der Waals surface area contributed by atoms with E-state index in [0.29, 0.717) is 12.2 Å². The standard InChI is InChI=1S/C18H18N4O/c1-2-6-13(7-3-1)16-12-23-18-11-10-17(21(16)18)22-15-9-5-4-8-14(15)19-20-22/h1-9,16-18H,10-12H2/p+1/t16-,17+,18+/m0/s1. The van der Waals surface area contributed by atoms with Crippen molar-refractivity contribution in [2.45, 2.75) is 31.3 Å². The first kappa shape index (κ1) is 13.2. The number of fused-ring (bicyclic) bond motifs is 2. The van der Waals surface area contributed by atoms with Crippen molar-refractivity contribution in [2.24, 2.45) is 0 Å². The lowest BCUT2D eigenvalue weighted by molar-refractivity contribution is -0.976. The largest absolute Gasteiger partial charge is 0.323 e. The van der Waals surface area contributed by atoms with Crippen molar-refractivity contribution >= 4 is 11.0 Å². The van der Waals surface area contributed by atoms with E-state index >= 15 is 0 Å². The van der Waals surface area contributed by atoms with Crippen LogP contribution < -0.4 is 4.90 Å². The second kappa shape index (κ2) is 5.15. The van der Waals surface area contributed by atoms with Gasteiger partial charge in [-0.2, -0.15) is 4.68 Å². The minimum absolute atomic E-state index is 0.271. The number of aromatic nitrogens is 3. The van der Waals surface area contributed by atoms with E-state index in [2.05, 4.69) is 57.5 Å². The van der Waals surface area contributed by atoms with Crippen molar-refractivity contribution in [1.29, 1.82) is 0 Å². The maximum absolute atomic E-state index is 6.09. The van der Waals surface area contributed by atoms with Gasteiger partial charge in [0.25, 0.3) is 0 Å². The number of nitrogens with zero attached hydrogens (tertiary/aromatic N) is 3. The Morgan fingerprint density at radius 2 is 1.83 bits per heavy atom. The second-order valence-corrected chi connectivity index (χ2v) is 6.40. The third-order valence-electron chi connectivity index (χ3n) is 5.20. The van der Waals surface area contributed by atoms with Gasteiger partial charge in [0, 0.05) is 18.4 Å². The van der Waals surface area contributed by atoms with Gasteiger partial charge in [0.05, 0.1) is 5.52 Å². The van der Waals surface area contributed by atoms with Gasteiger partial charge in [-0.3, -0.25) is 4.90 Å². The third kappa shape index (κ3) is 2.00. The number of para-hydroxylation sites is 1. The maximum atomic E-state index is 6.09. The summed E-state index contributed by atoms with van der Waals surface area (Å²) in [7, 11) is 0. The lowest BCUT2D eigenvalue weighted by Crippen LogP contribution is -3.13. The van der Waals surface area contributed by atoms with Crippen LogP contribution in [0.1, 0.15) is 30.6 Å². The molecule has 23 heavy (non-hydrogen) atoms. The highest BCUT2D eigenvalue weighted by atomic mass is 16.5. The molecule has 0 radical (unpaired) electrons. The Bertz CT molecular complexity index is 831. The molecule has 2 fully saturated rings. The molecule has 1 unspecified atom stereocenters. The lowest BCUT2D eigenvalue weighted by Gasteiger charge is -2.26. The highest BCUT2D eigenvalue weighted by Crippen LogP contribution is 2.28. The van der Waals surface area contributed by atoms with E-state index in [1.54, 1.807) is 0 Å². The van der Waals surface area contributed by atoms with Gasteiger partial charge in [-0.05, 0) is 12.1 Å². The van der Waals surface area contributed by atoms with Crippen molar-refractivity contribution in [3.8, 4) is 0 Å². The summed E-state index contributed by atoms with van der Waals surface area (Å²) in [5.74, 6) is 0. The zero-order valence-corrected chi connectivity index (χ0v) is 12.8. The zero-order chi connectivity index (χ0) is 15.2. The minimum atomic E-state index is 0.271. The molecule has 116 valence electrons. The summed E-state index contributed by atoms with van der Waals surface area (Å²) in [6.07, 6.45) is 2.72. The van der Waals surface area contributed by atoms with E-state index < -0.39 is 0 Å². The Hall–Kier alpha value is -2.24. The smallest absolute Gasteiger partial charge is 0.194 e. The Morgan fingerprint density at radius 1 is 1.00 bits per heavy atom. The van der Waals surface area contributed by atoms with Gasteiger partial charge in [-0.15, -0.1) is 5.10 Å². The summed E-state index contributed by atoms with van der Waals surface area (Å²) in [6.45, 7) is 0.785. The molecule has 4 atom stereocenters. The van der Waals surface area contributed by atoms with Crippen molar-refractivity contribution in [3.63, 3.8) is 0 Å². The highest BCUT2D eigenvalue weighted by Gasteiger charge is 2.50. The molecule has 3 heterocycles. The van der Waals surface area contributed by atoms with Crippen LogP contribution in [0.3, 0.4) is 0 Å². The fourth-order valence-corrected chi connectivity index (χ4v) is 4.16. The van der Waals surface area contributed by atoms with Gasteiger partial charge >= 0.3 is 0 Å². The van der Waals surface area contributed by atoms with Crippen molar-refractivity contribution in [1.82, 2.24) is 15.0 Å². The Morgan fingerprint density at radius 3 is 2.74 bits per heavy atom. The molecule has 0 amide bonds. The van der Waals surface area contributed by atoms with Crippen molar-refractivity contribution in [3.05, 3.63) is 60.2 Å². The van der Waals surface area contributed by atoms with Crippen molar-refractivity contribution < 1.29 is 9.64 Å². The molecule has 5 nitrogen and oxygen atoms in total. The zero-order valence-electron chi connectivity index (χ0n) is 12.8. The summed E-state index contributed by atoms with van der Waals surface area (Å²) in [5.41, 5.74) is 3.43. The third-order valence-corrected chi connectivity index (χ3v) is 5.20. The van der Waals surface area contributed by atoms with E-state index in [4.69, 9.17) is 4.74 Å². The molecule has 0 bridgehead atoms. The molecule has 5 rings (SSSR count). The fourth-order valence-electron chi connectivity index (χ4n) is 4.16. The molecule has 0 spiro atoms. The molecule has 0 aliphatic carbocycles. The SMILES string of the molecule is c1ccc([C@@H]2CO[C@@H]3CC[C@@H](n4nnc5ccccc54)[NH+]32)cc1. The average molecular weight is 307 g/mol. The summed E-state index contributed by atoms with van der Waals surface area (Å²) in [4.78, 5) is 1.48. The quantitative estimate of drug-likeness (QED) is 0.784. The number of rotatable bonds is 2. The minimum Gasteiger partial charge on any atom is -0.323 e. The van der Waals surface area contributed by atoms with Gasteiger partial charge in [-0.1, -0.05) is 47.7 Å². The number of nitrogens with one attached hydrogen (secondary N) is 1. The van der Waals surface area contributed by atoms with Crippen LogP contribution in [0.25, 0.3) is 11.0 Å². The second-order valence-electron chi connectivity index (χ2n) is 6.40. The lowest BCUT2D eigenvalue weighted by atomic mass is 10.1. The Balaban J connectivity index is 1.56. The monoisotopic (exact) mass is 307 g/mol. The Labute approximate surface area is 134 Å². The van der Waals surface area contributed by atoms with Gasteiger partial charge in [0.1, 0.15) is 18.2 Å². The van der Waals surface area contributed by atoms with E-state index in [0.717, 1.165) is 30.5 Å². The van der Waals surface area contributed by atoms with E-state index in [9.17, 15) is 0 Å². The number of hydrogen-bond donors (Lipinski definition) is 1.